The van der Waals surface area contributed by atoms with Crippen LogP contribution in [0.4, 0.5) is 0 Å². The molecule has 1 aromatic heterocycles. The number of carbonyl (C=O) groups excluding carboxylic acids is 1. The van der Waals surface area contributed by atoms with Crippen molar-refractivity contribution in [3.05, 3.63) is 45.4 Å². The quantitative estimate of drug-likeness (QED) is 0.805. The highest BCUT2D eigenvalue weighted by molar-refractivity contribution is 7.13. The monoisotopic (exact) mass is 375 g/mol. The molecule has 1 saturated heterocycles. The van der Waals surface area contributed by atoms with Crippen molar-refractivity contribution in [2.75, 3.05) is 39.4 Å². The van der Waals surface area contributed by atoms with Gasteiger partial charge in [-0.15, -0.1) is 11.3 Å². The number of ether oxygens (including phenoxy) is 2. The molecule has 2 aromatic rings. The predicted octanol–water partition coefficient (Wildman–Crippen LogP) is 2.40. The summed E-state index contributed by atoms with van der Waals surface area (Å²) >= 11 is 1.39. The molecule has 26 heavy (non-hydrogen) atoms. The summed E-state index contributed by atoms with van der Waals surface area (Å²) in [5, 5.41) is 3.80. The lowest BCUT2D eigenvalue weighted by Gasteiger charge is -2.26. The molecule has 0 radical (unpaired) electrons. The molecule has 0 bridgehead atoms. The molecular weight excluding hydrogens is 350 g/mol. The number of aryl methyl sites for hydroxylation is 2. The minimum atomic E-state index is -0.0603. The first kappa shape index (κ1) is 18.8. The maximum absolute atomic E-state index is 12.4. The number of morpholine rings is 1. The Labute approximate surface area is 158 Å². The van der Waals surface area contributed by atoms with Gasteiger partial charge in [-0.2, -0.15) is 0 Å². The second-order valence-electron chi connectivity index (χ2n) is 6.33. The number of carbonyl (C=O) groups is 1. The van der Waals surface area contributed by atoms with Gasteiger partial charge < -0.3 is 14.8 Å². The second-order valence-corrected chi connectivity index (χ2v) is 7.42. The van der Waals surface area contributed by atoms with Crippen LogP contribution in [0.5, 0.6) is 5.75 Å². The number of hydrogen-bond donors (Lipinski definition) is 1. The zero-order valence-electron chi connectivity index (χ0n) is 15.3. The van der Waals surface area contributed by atoms with E-state index in [0.717, 1.165) is 49.3 Å². The summed E-state index contributed by atoms with van der Waals surface area (Å²) in [6, 6.07) is 7.90. The molecule has 1 N–H and O–H groups in total. The lowest BCUT2D eigenvalue weighted by Crippen LogP contribution is -2.41. The van der Waals surface area contributed by atoms with Crippen molar-refractivity contribution in [2.24, 2.45) is 0 Å². The van der Waals surface area contributed by atoms with E-state index in [-0.39, 0.29) is 5.91 Å². The van der Waals surface area contributed by atoms with Crippen molar-refractivity contribution in [3.8, 4) is 5.75 Å². The van der Waals surface area contributed by atoms with Crippen molar-refractivity contribution in [3.63, 3.8) is 0 Å². The van der Waals surface area contributed by atoms with Crippen LogP contribution in [0.1, 0.15) is 25.9 Å². The Hall–Kier alpha value is -1.96. The summed E-state index contributed by atoms with van der Waals surface area (Å²) in [6.45, 7) is 9.14. The molecule has 1 fully saturated rings. The largest absolute Gasteiger partial charge is 0.486 e. The molecule has 7 heteroatoms. The van der Waals surface area contributed by atoms with Gasteiger partial charge in [-0.05, 0) is 26.0 Å². The SMILES string of the molecule is Cc1ccc(OCc2nc(C)c(C(=O)NCCN3CCOCC3)s2)cc1. The zero-order chi connectivity index (χ0) is 18.4. The summed E-state index contributed by atoms with van der Waals surface area (Å²) in [6.07, 6.45) is 0. The fraction of sp³-hybridized carbons (Fsp3) is 0.474. The van der Waals surface area contributed by atoms with Crippen molar-refractivity contribution >= 4 is 17.2 Å². The summed E-state index contributed by atoms with van der Waals surface area (Å²) in [7, 11) is 0. The Morgan fingerprint density at radius 1 is 1.27 bits per heavy atom. The van der Waals surface area contributed by atoms with Gasteiger partial charge in [0.2, 0.25) is 0 Å². The van der Waals surface area contributed by atoms with E-state index < -0.39 is 0 Å². The van der Waals surface area contributed by atoms with Crippen molar-refractivity contribution in [1.82, 2.24) is 15.2 Å². The van der Waals surface area contributed by atoms with Crippen LogP contribution in [0.25, 0.3) is 0 Å². The Bertz CT molecular complexity index is 724. The second kappa shape index (κ2) is 9.12. The van der Waals surface area contributed by atoms with Crippen LogP contribution in [-0.2, 0) is 11.3 Å². The van der Waals surface area contributed by atoms with Gasteiger partial charge in [0.05, 0.1) is 18.9 Å². The highest BCUT2D eigenvalue weighted by atomic mass is 32.1. The van der Waals surface area contributed by atoms with Crippen LogP contribution in [0, 0.1) is 13.8 Å². The van der Waals surface area contributed by atoms with E-state index in [1.165, 1.54) is 16.9 Å². The fourth-order valence-corrected chi connectivity index (χ4v) is 3.63. The molecule has 0 aliphatic carbocycles. The summed E-state index contributed by atoms with van der Waals surface area (Å²) in [5.41, 5.74) is 1.94. The number of amides is 1. The van der Waals surface area contributed by atoms with E-state index in [1.54, 1.807) is 0 Å². The molecule has 1 aliphatic heterocycles. The maximum Gasteiger partial charge on any atom is 0.263 e. The molecule has 2 heterocycles. The first-order chi connectivity index (χ1) is 12.6. The van der Waals surface area contributed by atoms with E-state index in [4.69, 9.17) is 9.47 Å². The fourth-order valence-electron chi connectivity index (χ4n) is 2.74. The Balaban J connectivity index is 1.48. The first-order valence-electron chi connectivity index (χ1n) is 8.86. The third-order valence-corrected chi connectivity index (χ3v) is 5.38. The predicted molar refractivity (Wildman–Crippen MR) is 102 cm³/mol. The van der Waals surface area contributed by atoms with Gasteiger partial charge in [0, 0.05) is 26.2 Å². The average molecular weight is 375 g/mol. The highest BCUT2D eigenvalue weighted by Crippen LogP contribution is 2.20. The highest BCUT2D eigenvalue weighted by Gasteiger charge is 2.16. The van der Waals surface area contributed by atoms with E-state index in [0.29, 0.717) is 18.0 Å². The van der Waals surface area contributed by atoms with E-state index in [9.17, 15) is 4.79 Å². The molecule has 0 spiro atoms. The molecule has 6 nitrogen and oxygen atoms in total. The molecule has 1 aliphatic rings. The van der Waals surface area contributed by atoms with Crippen molar-refractivity contribution in [1.29, 1.82) is 0 Å². The normalized spacial score (nSPS) is 15.0. The molecule has 3 rings (SSSR count). The lowest BCUT2D eigenvalue weighted by molar-refractivity contribution is 0.0383. The van der Waals surface area contributed by atoms with Crippen LogP contribution < -0.4 is 10.1 Å². The molecule has 1 amide bonds. The minimum absolute atomic E-state index is 0.0603. The number of benzene rings is 1. The molecular formula is C19H25N3O3S. The summed E-state index contributed by atoms with van der Waals surface area (Å²) in [4.78, 5) is 19.8. The summed E-state index contributed by atoms with van der Waals surface area (Å²) < 4.78 is 11.1. The number of thiazole rings is 1. The number of nitrogens with one attached hydrogen (secondary N) is 1. The van der Waals surface area contributed by atoms with E-state index in [1.807, 2.05) is 38.1 Å². The first-order valence-corrected chi connectivity index (χ1v) is 9.67. The van der Waals surface area contributed by atoms with Crippen molar-refractivity contribution in [2.45, 2.75) is 20.5 Å². The van der Waals surface area contributed by atoms with Gasteiger partial charge >= 0.3 is 0 Å². The molecule has 0 unspecified atom stereocenters. The van der Waals surface area contributed by atoms with Gasteiger partial charge in [-0.1, -0.05) is 17.7 Å². The van der Waals surface area contributed by atoms with Crippen LogP contribution in [-0.4, -0.2) is 55.2 Å². The number of nitrogens with zero attached hydrogens (tertiary/aromatic N) is 2. The van der Waals surface area contributed by atoms with E-state index in [2.05, 4.69) is 15.2 Å². The maximum atomic E-state index is 12.4. The number of aromatic nitrogens is 1. The molecule has 0 atom stereocenters. The smallest absolute Gasteiger partial charge is 0.263 e. The Morgan fingerprint density at radius 2 is 2.00 bits per heavy atom. The molecule has 140 valence electrons. The number of rotatable bonds is 7. The van der Waals surface area contributed by atoms with Crippen LogP contribution in [0.3, 0.4) is 0 Å². The lowest BCUT2D eigenvalue weighted by atomic mass is 10.2. The van der Waals surface area contributed by atoms with Gasteiger partial charge in [0.1, 0.15) is 22.2 Å². The third kappa shape index (κ3) is 5.27. The number of hydrogen-bond acceptors (Lipinski definition) is 6. The Morgan fingerprint density at radius 3 is 2.73 bits per heavy atom. The standard InChI is InChI=1S/C19H25N3O3S/c1-14-3-5-16(6-4-14)25-13-17-21-15(2)18(26-17)19(23)20-7-8-22-9-11-24-12-10-22/h3-6H,7-13H2,1-2H3,(H,20,23). The van der Waals surface area contributed by atoms with Crippen molar-refractivity contribution < 1.29 is 14.3 Å². The minimum Gasteiger partial charge on any atom is -0.486 e. The zero-order valence-corrected chi connectivity index (χ0v) is 16.1. The average Bonchev–Trinajstić information content (AvgIpc) is 3.03. The van der Waals surface area contributed by atoms with Gasteiger partial charge in [0.15, 0.2) is 0 Å². The van der Waals surface area contributed by atoms with Crippen LogP contribution in [0.15, 0.2) is 24.3 Å². The third-order valence-electron chi connectivity index (χ3n) is 4.25. The van der Waals surface area contributed by atoms with Gasteiger partial charge in [-0.3, -0.25) is 9.69 Å². The van der Waals surface area contributed by atoms with E-state index >= 15 is 0 Å². The summed E-state index contributed by atoms with van der Waals surface area (Å²) in [5.74, 6) is 0.745. The molecule has 0 saturated carbocycles. The van der Waals surface area contributed by atoms with Gasteiger partial charge in [-0.25, -0.2) is 4.98 Å². The van der Waals surface area contributed by atoms with Gasteiger partial charge in [0.25, 0.3) is 5.91 Å². The topological polar surface area (TPSA) is 63.7 Å². The molecule has 1 aromatic carbocycles. The van der Waals surface area contributed by atoms with Crippen LogP contribution in [0.2, 0.25) is 0 Å². The van der Waals surface area contributed by atoms with Crippen LogP contribution >= 0.6 is 11.3 Å². The Kier molecular flexibility index (Phi) is 6.60.